The molecule has 1 N–H and O–H groups in total. The van der Waals surface area contributed by atoms with Gasteiger partial charge < -0.3 is 9.94 Å². The fourth-order valence-electron chi connectivity index (χ4n) is 1.73. The number of hydrogen-bond donors (Lipinski definition) is 1. The molecule has 0 spiro atoms. The molecule has 2 rings (SSSR count). The third kappa shape index (κ3) is 1.21. The molecule has 0 aliphatic heterocycles. The molecule has 1 aromatic rings. The van der Waals surface area contributed by atoms with Crippen molar-refractivity contribution in [1.29, 1.82) is 0 Å². The summed E-state index contributed by atoms with van der Waals surface area (Å²) in [5, 5.41) is 12.1. The molecule has 13 heavy (non-hydrogen) atoms. The van der Waals surface area contributed by atoms with Crippen LogP contribution in [-0.2, 0) is 11.2 Å². The van der Waals surface area contributed by atoms with Crippen molar-refractivity contribution in [3.63, 3.8) is 0 Å². The number of oxime groups is 1. The number of nitrogens with zero attached hydrogens (tertiary/aromatic N) is 1. The van der Waals surface area contributed by atoms with Gasteiger partial charge in [-0.25, -0.2) is 0 Å². The molecule has 0 radical (unpaired) electrons. The molecule has 3 heteroatoms. The Morgan fingerprint density at radius 3 is 2.92 bits per heavy atom. The molecule has 0 saturated heterocycles. The van der Waals surface area contributed by atoms with Crippen LogP contribution < -0.4 is 0 Å². The minimum Gasteiger partial charge on any atom is -0.411 e. The lowest BCUT2D eigenvalue weighted by molar-refractivity contribution is 0.156. The van der Waals surface area contributed by atoms with Crippen LogP contribution in [0.4, 0.5) is 0 Å². The standard InChI is InChI=1S/C10H11NO2/c1-13-9-6-7-4-2-3-5-8(7)10(9)11-12/h2-5,9,12H,6H2,1H3. The first-order valence-electron chi connectivity index (χ1n) is 4.20. The molecule has 0 fully saturated rings. The van der Waals surface area contributed by atoms with Crippen LogP contribution in [0.25, 0.3) is 0 Å². The van der Waals surface area contributed by atoms with Crippen molar-refractivity contribution in [3.05, 3.63) is 35.4 Å². The predicted octanol–water partition coefficient (Wildman–Crippen LogP) is 1.44. The fraction of sp³-hybridized carbons (Fsp3) is 0.300. The van der Waals surface area contributed by atoms with Crippen molar-refractivity contribution < 1.29 is 9.94 Å². The Balaban J connectivity index is 2.46. The second kappa shape index (κ2) is 3.18. The molecular weight excluding hydrogens is 166 g/mol. The van der Waals surface area contributed by atoms with Gasteiger partial charge in [-0.05, 0) is 5.56 Å². The van der Waals surface area contributed by atoms with Crippen LogP contribution in [0.1, 0.15) is 11.1 Å². The highest BCUT2D eigenvalue weighted by atomic mass is 16.5. The van der Waals surface area contributed by atoms with Gasteiger partial charge in [-0.2, -0.15) is 0 Å². The smallest absolute Gasteiger partial charge is 0.116 e. The van der Waals surface area contributed by atoms with E-state index in [1.54, 1.807) is 7.11 Å². The topological polar surface area (TPSA) is 41.8 Å². The minimum atomic E-state index is -0.0950. The monoisotopic (exact) mass is 177 g/mol. The molecule has 68 valence electrons. The first kappa shape index (κ1) is 8.26. The normalized spacial score (nSPS) is 23.5. The quantitative estimate of drug-likeness (QED) is 0.521. The van der Waals surface area contributed by atoms with E-state index in [1.807, 2.05) is 24.3 Å². The zero-order chi connectivity index (χ0) is 9.26. The molecule has 1 atom stereocenters. The van der Waals surface area contributed by atoms with Crippen molar-refractivity contribution in [2.75, 3.05) is 7.11 Å². The fourth-order valence-corrected chi connectivity index (χ4v) is 1.73. The summed E-state index contributed by atoms with van der Waals surface area (Å²) in [6.45, 7) is 0. The molecule has 0 aromatic heterocycles. The second-order valence-corrected chi connectivity index (χ2v) is 3.07. The zero-order valence-corrected chi connectivity index (χ0v) is 7.40. The summed E-state index contributed by atoms with van der Waals surface area (Å²) >= 11 is 0. The largest absolute Gasteiger partial charge is 0.411 e. The molecule has 3 nitrogen and oxygen atoms in total. The summed E-state index contributed by atoms with van der Waals surface area (Å²) in [5.74, 6) is 0. The Morgan fingerprint density at radius 1 is 1.46 bits per heavy atom. The van der Waals surface area contributed by atoms with Gasteiger partial charge in [0.05, 0.1) is 0 Å². The third-order valence-corrected chi connectivity index (χ3v) is 2.40. The van der Waals surface area contributed by atoms with E-state index in [1.165, 1.54) is 5.56 Å². The third-order valence-electron chi connectivity index (χ3n) is 2.40. The molecule has 1 unspecified atom stereocenters. The average Bonchev–Trinajstić information content (AvgIpc) is 2.55. The number of fused-ring (bicyclic) bond motifs is 1. The lowest BCUT2D eigenvalue weighted by Crippen LogP contribution is -2.18. The van der Waals surface area contributed by atoms with Crippen molar-refractivity contribution in [3.8, 4) is 0 Å². The molecule has 1 aliphatic rings. The number of rotatable bonds is 1. The summed E-state index contributed by atoms with van der Waals surface area (Å²) in [6.07, 6.45) is 0.703. The van der Waals surface area contributed by atoms with E-state index in [9.17, 15) is 0 Å². The average molecular weight is 177 g/mol. The van der Waals surface area contributed by atoms with Crippen molar-refractivity contribution in [1.82, 2.24) is 0 Å². The molecule has 1 aromatic carbocycles. The summed E-state index contributed by atoms with van der Waals surface area (Å²) in [6, 6.07) is 7.89. The van der Waals surface area contributed by atoms with Gasteiger partial charge in [0.1, 0.15) is 11.8 Å². The Hall–Kier alpha value is -1.35. The van der Waals surface area contributed by atoms with Gasteiger partial charge in [-0.3, -0.25) is 0 Å². The number of benzene rings is 1. The van der Waals surface area contributed by atoms with Gasteiger partial charge in [-0.1, -0.05) is 29.4 Å². The van der Waals surface area contributed by atoms with Crippen LogP contribution in [0.2, 0.25) is 0 Å². The Morgan fingerprint density at radius 2 is 2.23 bits per heavy atom. The molecule has 0 amide bonds. The van der Waals surface area contributed by atoms with Gasteiger partial charge in [0.15, 0.2) is 0 Å². The number of ether oxygens (including phenoxy) is 1. The van der Waals surface area contributed by atoms with Gasteiger partial charge in [0.25, 0.3) is 0 Å². The van der Waals surface area contributed by atoms with Crippen molar-refractivity contribution >= 4 is 5.71 Å². The first-order chi connectivity index (χ1) is 6.36. The van der Waals surface area contributed by atoms with Gasteiger partial charge in [0.2, 0.25) is 0 Å². The van der Waals surface area contributed by atoms with Crippen LogP contribution in [0, 0.1) is 0 Å². The van der Waals surface area contributed by atoms with E-state index in [4.69, 9.17) is 9.94 Å². The summed E-state index contributed by atoms with van der Waals surface area (Å²) in [7, 11) is 1.63. The highest BCUT2D eigenvalue weighted by molar-refractivity contribution is 6.07. The number of hydrogen-bond acceptors (Lipinski definition) is 3. The lowest BCUT2D eigenvalue weighted by Gasteiger charge is -2.05. The van der Waals surface area contributed by atoms with Crippen LogP contribution in [-0.4, -0.2) is 24.1 Å². The molecule has 0 bridgehead atoms. The van der Waals surface area contributed by atoms with Crippen molar-refractivity contribution in [2.45, 2.75) is 12.5 Å². The van der Waals surface area contributed by atoms with E-state index in [0.717, 1.165) is 12.0 Å². The Kier molecular flexibility index (Phi) is 2.02. The summed E-state index contributed by atoms with van der Waals surface area (Å²) in [5.41, 5.74) is 2.82. The van der Waals surface area contributed by atoms with Crippen molar-refractivity contribution in [2.24, 2.45) is 5.16 Å². The number of methoxy groups -OCH3 is 1. The first-order valence-corrected chi connectivity index (χ1v) is 4.20. The second-order valence-electron chi connectivity index (χ2n) is 3.07. The van der Waals surface area contributed by atoms with Gasteiger partial charge in [0, 0.05) is 19.1 Å². The Labute approximate surface area is 76.6 Å². The van der Waals surface area contributed by atoms with Crippen LogP contribution in [0.5, 0.6) is 0 Å². The maximum atomic E-state index is 8.82. The highest BCUT2D eigenvalue weighted by Crippen LogP contribution is 2.23. The molecule has 0 heterocycles. The lowest BCUT2D eigenvalue weighted by atomic mass is 10.1. The SMILES string of the molecule is COC1Cc2ccccc2C1=NO. The van der Waals surface area contributed by atoms with Gasteiger partial charge >= 0.3 is 0 Å². The highest BCUT2D eigenvalue weighted by Gasteiger charge is 2.28. The molecular formula is C10H11NO2. The van der Waals surface area contributed by atoms with E-state index < -0.39 is 0 Å². The predicted molar refractivity (Wildman–Crippen MR) is 49.3 cm³/mol. The van der Waals surface area contributed by atoms with E-state index in [2.05, 4.69) is 5.16 Å². The Bertz CT molecular complexity index is 347. The molecule has 1 aliphatic carbocycles. The van der Waals surface area contributed by atoms with Gasteiger partial charge in [-0.15, -0.1) is 0 Å². The van der Waals surface area contributed by atoms with E-state index >= 15 is 0 Å². The maximum Gasteiger partial charge on any atom is 0.116 e. The van der Waals surface area contributed by atoms with Crippen LogP contribution in [0.15, 0.2) is 29.4 Å². The zero-order valence-electron chi connectivity index (χ0n) is 7.40. The summed E-state index contributed by atoms with van der Waals surface area (Å²) < 4.78 is 5.21. The minimum absolute atomic E-state index is 0.0950. The molecule has 0 saturated carbocycles. The van der Waals surface area contributed by atoms with Crippen LogP contribution >= 0.6 is 0 Å². The van der Waals surface area contributed by atoms with E-state index in [-0.39, 0.29) is 6.10 Å². The summed E-state index contributed by atoms with van der Waals surface area (Å²) in [4.78, 5) is 0. The maximum absolute atomic E-state index is 8.82. The van der Waals surface area contributed by atoms with Crippen LogP contribution in [0.3, 0.4) is 0 Å². The van der Waals surface area contributed by atoms with E-state index in [0.29, 0.717) is 5.71 Å².